The first-order chi connectivity index (χ1) is 19.5. The molecule has 0 unspecified atom stereocenters. The lowest BCUT2D eigenvalue weighted by Gasteiger charge is -2.14. The third-order valence-electron chi connectivity index (χ3n) is 6.58. The minimum Gasteiger partial charge on any atom is -0.508 e. The van der Waals surface area contributed by atoms with E-state index in [0.29, 0.717) is 5.56 Å². The van der Waals surface area contributed by atoms with E-state index in [0.717, 1.165) is 24.3 Å². The zero-order chi connectivity index (χ0) is 29.2. The first-order valence-electron chi connectivity index (χ1n) is 11.9. The number of phenols is 6. The van der Waals surface area contributed by atoms with Gasteiger partial charge < -0.3 is 44.6 Å². The first kappa shape index (κ1) is 25.2. The van der Waals surface area contributed by atoms with E-state index in [4.69, 9.17) is 8.83 Å². The van der Waals surface area contributed by atoms with Gasteiger partial charge >= 0.3 is 0 Å². The highest BCUT2D eigenvalue weighted by Crippen LogP contribution is 2.46. The second-order valence-corrected chi connectivity index (χ2v) is 9.19. The molecular weight excluding hydrogens is 536 g/mol. The number of phenolic OH excluding ortho intramolecular Hbond substituents is 6. The monoisotopic (exact) mass is 554 g/mol. The minimum atomic E-state index is -0.990. The normalized spacial score (nSPS) is 11.3. The van der Waals surface area contributed by atoms with Crippen LogP contribution in [0.4, 0.5) is 0 Å². The van der Waals surface area contributed by atoms with Crippen LogP contribution in [0, 0.1) is 0 Å². The quantitative estimate of drug-likeness (QED) is 0.158. The first-order valence-corrected chi connectivity index (χ1v) is 11.9. The molecule has 11 nitrogen and oxygen atoms in total. The lowest BCUT2D eigenvalue weighted by Crippen LogP contribution is -2.03. The highest BCUT2D eigenvalue weighted by molar-refractivity contribution is 6.01. The molecule has 0 atom stereocenters. The summed E-state index contributed by atoms with van der Waals surface area (Å²) in [7, 11) is 0. The molecule has 0 spiro atoms. The standard InChI is InChI=1S/C30H18O11/c31-14-4-1-12(2-5-14)22-11-21(37)25-20(36)10-19(35)24(30(25)40-22)16-7-13(3-6-17(16)33)29-28(39)27(38)26-18(34)8-15(32)9-23(26)41-29/h1-11,31-36,39H. The number of rotatable bonds is 3. The largest absolute Gasteiger partial charge is 0.508 e. The average molecular weight is 554 g/mol. The molecule has 0 saturated heterocycles. The molecule has 0 aliphatic heterocycles. The van der Waals surface area contributed by atoms with E-state index in [2.05, 4.69) is 0 Å². The molecule has 0 radical (unpaired) electrons. The van der Waals surface area contributed by atoms with Crippen LogP contribution in [0.2, 0.25) is 0 Å². The Morgan fingerprint density at radius 2 is 1.24 bits per heavy atom. The number of fused-ring (bicyclic) bond motifs is 2. The van der Waals surface area contributed by atoms with Gasteiger partial charge in [0.15, 0.2) is 16.8 Å². The number of benzene rings is 4. The molecule has 0 bridgehead atoms. The fourth-order valence-corrected chi connectivity index (χ4v) is 4.68. The van der Waals surface area contributed by atoms with E-state index in [1.165, 1.54) is 42.5 Å². The van der Waals surface area contributed by atoms with Gasteiger partial charge in [0.2, 0.25) is 11.2 Å². The van der Waals surface area contributed by atoms with Crippen molar-refractivity contribution in [3.63, 3.8) is 0 Å². The molecule has 0 aliphatic rings. The Kier molecular flexibility index (Phi) is 5.52. The van der Waals surface area contributed by atoms with Gasteiger partial charge in [-0.1, -0.05) is 0 Å². The van der Waals surface area contributed by atoms with Crippen molar-refractivity contribution in [2.24, 2.45) is 0 Å². The van der Waals surface area contributed by atoms with Crippen LogP contribution >= 0.6 is 0 Å². The zero-order valence-electron chi connectivity index (χ0n) is 20.6. The number of aromatic hydroxyl groups is 7. The second kappa shape index (κ2) is 8.99. The Balaban J connectivity index is 1.63. The Morgan fingerprint density at radius 3 is 1.98 bits per heavy atom. The second-order valence-electron chi connectivity index (χ2n) is 9.19. The summed E-state index contributed by atoms with van der Waals surface area (Å²) in [5.41, 5.74) is -2.10. The van der Waals surface area contributed by atoms with Gasteiger partial charge in [0.05, 0.1) is 5.56 Å². The zero-order valence-corrected chi connectivity index (χ0v) is 20.6. The van der Waals surface area contributed by atoms with Crippen molar-refractivity contribution in [1.82, 2.24) is 0 Å². The average Bonchev–Trinajstić information content (AvgIpc) is 2.91. The van der Waals surface area contributed by atoms with Crippen LogP contribution in [-0.4, -0.2) is 35.7 Å². The van der Waals surface area contributed by atoms with Gasteiger partial charge in [0, 0.05) is 41.0 Å². The van der Waals surface area contributed by atoms with Gasteiger partial charge in [-0.3, -0.25) is 9.59 Å². The highest BCUT2D eigenvalue weighted by atomic mass is 16.4. The van der Waals surface area contributed by atoms with Gasteiger partial charge in [-0.2, -0.15) is 0 Å². The summed E-state index contributed by atoms with van der Waals surface area (Å²) >= 11 is 0. The smallest absolute Gasteiger partial charge is 0.238 e. The van der Waals surface area contributed by atoms with Crippen molar-refractivity contribution < 1.29 is 44.6 Å². The molecule has 4 aromatic carbocycles. The van der Waals surface area contributed by atoms with Crippen molar-refractivity contribution in [3.05, 3.63) is 87.2 Å². The molecule has 204 valence electrons. The predicted octanol–water partition coefficient (Wildman–Crippen LogP) is 4.84. The van der Waals surface area contributed by atoms with Crippen LogP contribution < -0.4 is 10.9 Å². The van der Waals surface area contributed by atoms with Crippen molar-refractivity contribution >= 4 is 21.9 Å². The van der Waals surface area contributed by atoms with E-state index in [-0.39, 0.29) is 55.9 Å². The summed E-state index contributed by atoms with van der Waals surface area (Å²) in [5, 5.41) is 71.7. The maximum atomic E-state index is 13.1. The minimum absolute atomic E-state index is 0.0230. The fourth-order valence-electron chi connectivity index (χ4n) is 4.68. The molecule has 11 heteroatoms. The Bertz CT molecular complexity index is 2160. The van der Waals surface area contributed by atoms with E-state index in [9.17, 15) is 45.3 Å². The van der Waals surface area contributed by atoms with Gasteiger partial charge in [0.25, 0.3) is 0 Å². The molecule has 6 rings (SSSR count). The Hall–Kier alpha value is -6.10. The van der Waals surface area contributed by atoms with Gasteiger partial charge in [0.1, 0.15) is 56.6 Å². The predicted molar refractivity (Wildman–Crippen MR) is 146 cm³/mol. The summed E-state index contributed by atoms with van der Waals surface area (Å²) < 4.78 is 11.6. The maximum Gasteiger partial charge on any atom is 0.238 e. The Morgan fingerprint density at radius 1 is 0.561 bits per heavy atom. The molecule has 2 aromatic heterocycles. The summed E-state index contributed by atoms with van der Waals surface area (Å²) in [6.07, 6.45) is 0. The molecule has 7 N–H and O–H groups in total. The molecule has 6 aromatic rings. The molecule has 0 aliphatic carbocycles. The topological polar surface area (TPSA) is 202 Å². The number of hydrogen-bond donors (Lipinski definition) is 7. The van der Waals surface area contributed by atoms with Crippen molar-refractivity contribution in [1.29, 1.82) is 0 Å². The summed E-state index contributed by atoms with van der Waals surface area (Å²) in [6, 6.07) is 13.4. The van der Waals surface area contributed by atoms with E-state index < -0.39 is 45.4 Å². The fraction of sp³-hybridized carbons (Fsp3) is 0. The maximum absolute atomic E-state index is 13.1. The number of hydrogen-bond acceptors (Lipinski definition) is 11. The van der Waals surface area contributed by atoms with Crippen LogP contribution in [0.15, 0.2) is 85.2 Å². The summed E-state index contributed by atoms with van der Waals surface area (Å²) in [6.45, 7) is 0. The molecule has 2 heterocycles. The molecule has 0 amide bonds. The van der Waals surface area contributed by atoms with Gasteiger partial charge in [-0.05, 0) is 42.5 Å². The van der Waals surface area contributed by atoms with E-state index in [1.54, 1.807) is 0 Å². The van der Waals surface area contributed by atoms with Gasteiger partial charge in [-0.15, -0.1) is 0 Å². The molecule has 0 fully saturated rings. The lowest BCUT2D eigenvalue weighted by atomic mass is 9.96. The molecular formula is C30H18O11. The van der Waals surface area contributed by atoms with Crippen LogP contribution in [0.1, 0.15) is 0 Å². The molecule has 41 heavy (non-hydrogen) atoms. The van der Waals surface area contributed by atoms with Crippen molar-refractivity contribution in [3.8, 4) is 74.0 Å². The lowest BCUT2D eigenvalue weighted by molar-refractivity contribution is 0.438. The van der Waals surface area contributed by atoms with E-state index in [1.807, 2.05) is 0 Å². The van der Waals surface area contributed by atoms with Crippen LogP contribution in [-0.2, 0) is 0 Å². The van der Waals surface area contributed by atoms with E-state index >= 15 is 0 Å². The van der Waals surface area contributed by atoms with Crippen molar-refractivity contribution in [2.75, 3.05) is 0 Å². The van der Waals surface area contributed by atoms with Crippen molar-refractivity contribution in [2.45, 2.75) is 0 Å². The summed E-state index contributed by atoms with van der Waals surface area (Å²) in [5.74, 6) is -3.84. The van der Waals surface area contributed by atoms with Gasteiger partial charge in [-0.25, -0.2) is 0 Å². The highest BCUT2D eigenvalue weighted by Gasteiger charge is 2.24. The summed E-state index contributed by atoms with van der Waals surface area (Å²) in [4.78, 5) is 25.9. The SMILES string of the molecule is O=c1c(O)c(-c2ccc(O)c(-c3c(O)cc(O)c4c(=O)cc(-c5ccc(O)cc5)oc34)c2)oc2cc(O)cc(O)c12. The van der Waals surface area contributed by atoms with Crippen LogP contribution in [0.25, 0.3) is 55.7 Å². The third-order valence-corrected chi connectivity index (χ3v) is 6.58. The third kappa shape index (κ3) is 4.00. The Labute approximate surface area is 227 Å². The van der Waals surface area contributed by atoms with Crippen LogP contribution in [0.5, 0.6) is 40.2 Å². The van der Waals surface area contributed by atoms with Crippen LogP contribution in [0.3, 0.4) is 0 Å². The molecule has 0 saturated carbocycles.